The normalized spacial score (nSPS) is 11.9. The summed E-state index contributed by atoms with van der Waals surface area (Å²) in [5.74, 6) is -1.33. The Labute approximate surface area is 119 Å². The van der Waals surface area contributed by atoms with Crippen LogP contribution >= 0.6 is 0 Å². The third-order valence-corrected chi connectivity index (χ3v) is 2.77. The molecule has 0 spiro atoms. The number of amides is 1. The second kappa shape index (κ2) is 6.57. The number of aliphatic carboxylic acids is 1. The number of carboxylic acid groups (broad SMARTS) is 1. The highest BCUT2D eigenvalue weighted by Crippen LogP contribution is 2.14. The number of H-pyrrole nitrogens is 1. The number of aliphatic hydroxyl groups is 1. The molecule has 2 rings (SSSR count). The van der Waals surface area contributed by atoms with E-state index in [0.717, 1.165) is 0 Å². The van der Waals surface area contributed by atoms with Crippen molar-refractivity contribution in [3.63, 3.8) is 0 Å². The molecule has 0 radical (unpaired) electrons. The van der Waals surface area contributed by atoms with Crippen LogP contribution in [0.5, 0.6) is 0 Å². The molecule has 1 heterocycles. The minimum atomic E-state index is -1.19. The molecular formula is C12H13N5O4. The van der Waals surface area contributed by atoms with Gasteiger partial charge in [-0.25, -0.2) is 4.79 Å². The molecule has 110 valence electrons. The van der Waals surface area contributed by atoms with Gasteiger partial charge in [0, 0.05) is 24.2 Å². The second-order valence-corrected chi connectivity index (χ2v) is 4.19. The minimum absolute atomic E-state index is 0.0536. The van der Waals surface area contributed by atoms with Crippen molar-refractivity contribution in [2.24, 2.45) is 0 Å². The number of hydrogen-bond acceptors (Lipinski definition) is 6. The topological polar surface area (TPSA) is 141 Å². The number of hydrogen-bond donors (Lipinski definition) is 4. The van der Waals surface area contributed by atoms with Gasteiger partial charge in [0.25, 0.3) is 5.91 Å². The fraction of sp³-hybridized carbons (Fsp3) is 0.250. The van der Waals surface area contributed by atoms with Gasteiger partial charge in [-0.2, -0.15) is 5.21 Å². The Morgan fingerprint density at radius 2 is 2.00 bits per heavy atom. The number of nitrogens with zero attached hydrogens (tertiary/aromatic N) is 3. The maximum atomic E-state index is 11.9. The molecule has 1 atom stereocenters. The number of aromatic nitrogens is 4. The van der Waals surface area contributed by atoms with Crippen LogP contribution in [0.3, 0.4) is 0 Å². The van der Waals surface area contributed by atoms with Crippen molar-refractivity contribution in [2.75, 3.05) is 6.61 Å². The highest BCUT2D eigenvalue weighted by atomic mass is 16.4. The van der Waals surface area contributed by atoms with Gasteiger partial charge >= 0.3 is 5.97 Å². The summed E-state index contributed by atoms with van der Waals surface area (Å²) in [5, 5.41) is 33.4. The van der Waals surface area contributed by atoms with Crippen LogP contribution < -0.4 is 5.32 Å². The lowest BCUT2D eigenvalue weighted by atomic mass is 10.1. The first-order valence-corrected chi connectivity index (χ1v) is 6.10. The largest absolute Gasteiger partial charge is 0.480 e. The Hall–Kier alpha value is -2.81. The number of aliphatic hydroxyl groups excluding tert-OH is 1. The van der Waals surface area contributed by atoms with Crippen LogP contribution in [0.2, 0.25) is 0 Å². The molecule has 0 unspecified atom stereocenters. The predicted octanol–water partition coefficient (Wildman–Crippen LogP) is -0.568. The lowest BCUT2D eigenvalue weighted by molar-refractivity contribution is -0.139. The molecule has 1 aromatic heterocycles. The molecule has 2 aromatic rings. The summed E-state index contributed by atoms with van der Waals surface area (Å²) in [7, 11) is 0. The molecule has 0 saturated heterocycles. The van der Waals surface area contributed by atoms with Crippen molar-refractivity contribution < 1.29 is 19.8 Å². The maximum absolute atomic E-state index is 11.9. The Morgan fingerprint density at radius 1 is 1.29 bits per heavy atom. The van der Waals surface area contributed by atoms with Crippen molar-refractivity contribution in [1.82, 2.24) is 25.9 Å². The molecule has 9 nitrogen and oxygen atoms in total. The average Bonchev–Trinajstić information content (AvgIpc) is 3.01. The van der Waals surface area contributed by atoms with Gasteiger partial charge in [0.15, 0.2) is 0 Å². The van der Waals surface area contributed by atoms with Gasteiger partial charge in [-0.3, -0.25) is 4.79 Å². The van der Waals surface area contributed by atoms with Crippen LogP contribution in [0.25, 0.3) is 11.4 Å². The molecule has 0 aliphatic rings. The van der Waals surface area contributed by atoms with Crippen molar-refractivity contribution in [2.45, 2.75) is 12.5 Å². The van der Waals surface area contributed by atoms with Crippen LogP contribution in [0.4, 0.5) is 0 Å². The zero-order valence-electron chi connectivity index (χ0n) is 10.9. The van der Waals surface area contributed by atoms with E-state index in [1.807, 2.05) is 0 Å². The molecule has 4 N–H and O–H groups in total. The van der Waals surface area contributed by atoms with Crippen molar-refractivity contribution in [3.8, 4) is 11.4 Å². The van der Waals surface area contributed by atoms with E-state index in [2.05, 4.69) is 25.9 Å². The smallest absolute Gasteiger partial charge is 0.326 e. The van der Waals surface area contributed by atoms with Crippen molar-refractivity contribution in [3.05, 3.63) is 29.8 Å². The molecule has 1 aromatic carbocycles. The summed E-state index contributed by atoms with van der Waals surface area (Å²) in [5.41, 5.74) is 0.969. The molecule has 0 aliphatic heterocycles. The molecule has 0 aliphatic carbocycles. The summed E-state index contributed by atoms with van der Waals surface area (Å²) in [6, 6.07) is 5.18. The predicted molar refractivity (Wildman–Crippen MR) is 70.2 cm³/mol. The maximum Gasteiger partial charge on any atom is 0.326 e. The Bertz CT molecular complexity index is 611. The van der Waals surface area contributed by atoms with Gasteiger partial charge < -0.3 is 15.5 Å². The van der Waals surface area contributed by atoms with Crippen LogP contribution in [0.1, 0.15) is 16.8 Å². The lowest BCUT2D eigenvalue weighted by Gasteiger charge is -2.13. The summed E-state index contributed by atoms with van der Waals surface area (Å²) in [4.78, 5) is 22.8. The highest BCUT2D eigenvalue weighted by molar-refractivity contribution is 5.96. The van der Waals surface area contributed by atoms with Gasteiger partial charge in [0.2, 0.25) is 5.82 Å². The fourth-order valence-corrected chi connectivity index (χ4v) is 1.68. The average molecular weight is 291 g/mol. The Morgan fingerprint density at radius 3 is 2.52 bits per heavy atom. The number of carboxylic acids is 1. The standard InChI is InChI=1S/C12H13N5O4/c18-6-5-9(12(20)21)13-11(19)8-3-1-7(2-4-8)10-14-16-17-15-10/h1-4,9,18H,5-6H2,(H,13,19)(H,20,21)(H,14,15,16,17)/t9-/m1/s1. The lowest BCUT2D eigenvalue weighted by Crippen LogP contribution is -2.41. The molecule has 0 bridgehead atoms. The summed E-state index contributed by atoms with van der Waals surface area (Å²) in [6.07, 6.45) is -0.0536. The number of tetrazole rings is 1. The third-order valence-electron chi connectivity index (χ3n) is 2.77. The van der Waals surface area contributed by atoms with Crippen molar-refractivity contribution in [1.29, 1.82) is 0 Å². The van der Waals surface area contributed by atoms with Crippen LogP contribution in [0.15, 0.2) is 24.3 Å². The number of carbonyl (C=O) groups is 2. The van der Waals surface area contributed by atoms with Crippen LogP contribution in [-0.4, -0.2) is 55.4 Å². The molecule has 21 heavy (non-hydrogen) atoms. The summed E-state index contributed by atoms with van der Waals surface area (Å²) >= 11 is 0. The van der Waals surface area contributed by atoms with E-state index < -0.39 is 17.9 Å². The first-order valence-electron chi connectivity index (χ1n) is 6.10. The van der Waals surface area contributed by atoms with Gasteiger partial charge in [0.1, 0.15) is 6.04 Å². The number of aromatic amines is 1. The summed E-state index contributed by atoms with van der Waals surface area (Å²) in [6.45, 7) is -0.325. The molecule has 0 saturated carbocycles. The summed E-state index contributed by atoms with van der Waals surface area (Å²) < 4.78 is 0. The van der Waals surface area contributed by atoms with Crippen molar-refractivity contribution >= 4 is 11.9 Å². The van der Waals surface area contributed by atoms with Gasteiger partial charge in [0.05, 0.1) is 0 Å². The van der Waals surface area contributed by atoms with E-state index in [9.17, 15) is 9.59 Å². The van der Waals surface area contributed by atoms with E-state index in [1.54, 1.807) is 12.1 Å². The zero-order chi connectivity index (χ0) is 15.2. The number of nitrogens with one attached hydrogen (secondary N) is 2. The SMILES string of the molecule is O=C(N[C@H](CCO)C(=O)O)c1ccc(-c2nn[nH]n2)cc1. The van der Waals surface area contributed by atoms with Gasteiger partial charge in [-0.05, 0) is 17.3 Å². The van der Waals surface area contributed by atoms with Crippen LogP contribution in [-0.2, 0) is 4.79 Å². The highest BCUT2D eigenvalue weighted by Gasteiger charge is 2.20. The fourth-order valence-electron chi connectivity index (χ4n) is 1.68. The first kappa shape index (κ1) is 14.6. The molecular weight excluding hydrogens is 278 g/mol. The number of rotatable bonds is 6. The molecule has 9 heteroatoms. The quantitative estimate of drug-likeness (QED) is 0.558. The Balaban J connectivity index is 2.07. The third kappa shape index (κ3) is 3.60. The monoisotopic (exact) mass is 291 g/mol. The van der Waals surface area contributed by atoms with E-state index in [4.69, 9.17) is 10.2 Å². The minimum Gasteiger partial charge on any atom is -0.480 e. The van der Waals surface area contributed by atoms with E-state index in [-0.39, 0.29) is 13.0 Å². The van der Waals surface area contributed by atoms with E-state index in [0.29, 0.717) is 17.0 Å². The molecule has 1 amide bonds. The molecule has 0 fully saturated rings. The second-order valence-electron chi connectivity index (χ2n) is 4.19. The number of benzene rings is 1. The van der Waals surface area contributed by atoms with Crippen LogP contribution in [0, 0.1) is 0 Å². The number of carbonyl (C=O) groups excluding carboxylic acids is 1. The van der Waals surface area contributed by atoms with E-state index in [1.165, 1.54) is 12.1 Å². The van der Waals surface area contributed by atoms with E-state index >= 15 is 0 Å². The zero-order valence-corrected chi connectivity index (χ0v) is 10.9. The first-order chi connectivity index (χ1) is 10.1. The van der Waals surface area contributed by atoms with Gasteiger partial charge in [-0.1, -0.05) is 12.1 Å². The van der Waals surface area contributed by atoms with Gasteiger partial charge in [-0.15, -0.1) is 10.2 Å². The Kier molecular flexibility index (Phi) is 4.57.